The second-order valence-corrected chi connectivity index (χ2v) is 7.65. The van der Waals surface area contributed by atoms with Crippen molar-refractivity contribution in [3.63, 3.8) is 0 Å². The molecule has 0 amide bonds. The summed E-state index contributed by atoms with van der Waals surface area (Å²) in [5.41, 5.74) is 0. The molecule has 2 rings (SSSR count). The fourth-order valence-electron chi connectivity index (χ4n) is 3.29. The van der Waals surface area contributed by atoms with E-state index in [-0.39, 0.29) is 19.3 Å². The van der Waals surface area contributed by atoms with Crippen molar-refractivity contribution in [2.24, 2.45) is 5.92 Å². The molecular formula is C14H17BrF8O2. The van der Waals surface area contributed by atoms with Crippen LogP contribution in [0.5, 0.6) is 0 Å². The molecule has 2 aliphatic rings. The van der Waals surface area contributed by atoms with Crippen LogP contribution in [-0.2, 0) is 9.47 Å². The van der Waals surface area contributed by atoms with Crippen LogP contribution in [0, 0.1) is 5.92 Å². The molecule has 2 nitrogen and oxygen atoms in total. The highest BCUT2D eigenvalue weighted by molar-refractivity contribution is 9.09. The SMILES string of the molecule is FC1CC(OC(F)(F)C2C(F)CC(Br)CC2F)CCC1OC(F)(F)F. The van der Waals surface area contributed by atoms with Crippen LogP contribution in [0.4, 0.5) is 35.1 Å². The Kier molecular flexibility index (Phi) is 6.63. The van der Waals surface area contributed by atoms with Crippen molar-refractivity contribution in [2.75, 3.05) is 0 Å². The highest BCUT2D eigenvalue weighted by Gasteiger charge is 2.55. The molecule has 5 atom stereocenters. The third-order valence-corrected chi connectivity index (χ3v) is 5.15. The van der Waals surface area contributed by atoms with Crippen LogP contribution in [0.2, 0.25) is 0 Å². The topological polar surface area (TPSA) is 18.5 Å². The van der Waals surface area contributed by atoms with Gasteiger partial charge < -0.3 is 4.74 Å². The van der Waals surface area contributed by atoms with Crippen molar-refractivity contribution in [3.05, 3.63) is 0 Å². The maximum atomic E-state index is 14.2. The highest BCUT2D eigenvalue weighted by Crippen LogP contribution is 2.44. The fraction of sp³-hybridized carbons (Fsp3) is 1.00. The first-order chi connectivity index (χ1) is 11.4. The summed E-state index contributed by atoms with van der Waals surface area (Å²) in [5, 5.41) is 0. The molecule has 0 aromatic rings. The van der Waals surface area contributed by atoms with Gasteiger partial charge in [0.1, 0.15) is 24.4 Å². The van der Waals surface area contributed by atoms with Gasteiger partial charge in [-0.2, -0.15) is 8.78 Å². The molecule has 5 unspecified atom stereocenters. The van der Waals surface area contributed by atoms with Crippen molar-refractivity contribution in [2.45, 2.75) is 80.1 Å². The van der Waals surface area contributed by atoms with E-state index >= 15 is 0 Å². The summed E-state index contributed by atoms with van der Waals surface area (Å²) in [6.07, 6.45) is -21.2. The minimum atomic E-state index is -5.04. The summed E-state index contributed by atoms with van der Waals surface area (Å²) in [6.45, 7) is 0. The summed E-state index contributed by atoms with van der Waals surface area (Å²) < 4.78 is 114. The van der Waals surface area contributed by atoms with Crippen LogP contribution in [0.25, 0.3) is 0 Å². The van der Waals surface area contributed by atoms with E-state index in [1.807, 2.05) is 0 Å². The minimum absolute atomic E-state index is 0.318. The first kappa shape index (κ1) is 21.1. The Labute approximate surface area is 147 Å². The standard InChI is InChI=1S/C14H17BrF8O2/c15-6-3-9(17)12(10(18)4-6)13(19,20)24-7-1-2-11(8(16)5-7)25-14(21,22)23/h6-12H,1-5H2. The van der Waals surface area contributed by atoms with Crippen LogP contribution in [0.1, 0.15) is 32.1 Å². The van der Waals surface area contributed by atoms with Crippen molar-refractivity contribution in [1.82, 2.24) is 0 Å². The Bertz CT molecular complexity index is 437. The molecule has 0 N–H and O–H groups in total. The third-order valence-electron chi connectivity index (χ3n) is 4.40. The van der Waals surface area contributed by atoms with Crippen molar-refractivity contribution in [1.29, 1.82) is 0 Å². The van der Waals surface area contributed by atoms with Gasteiger partial charge in [0, 0.05) is 11.2 Å². The van der Waals surface area contributed by atoms with E-state index in [0.717, 1.165) is 0 Å². The van der Waals surface area contributed by atoms with Gasteiger partial charge in [-0.05, 0) is 25.7 Å². The maximum Gasteiger partial charge on any atom is 0.522 e. The number of hydrogen-bond acceptors (Lipinski definition) is 2. The zero-order chi connectivity index (χ0) is 19.0. The van der Waals surface area contributed by atoms with E-state index in [2.05, 4.69) is 25.4 Å². The van der Waals surface area contributed by atoms with E-state index in [0.29, 0.717) is 0 Å². The third kappa shape index (κ3) is 5.66. The smallest absolute Gasteiger partial charge is 0.317 e. The van der Waals surface area contributed by atoms with E-state index < -0.39 is 66.8 Å². The van der Waals surface area contributed by atoms with Crippen LogP contribution < -0.4 is 0 Å². The molecule has 0 saturated heterocycles. The Morgan fingerprint density at radius 2 is 1.32 bits per heavy atom. The molecule has 0 aliphatic heterocycles. The van der Waals surface area contributed by atoms with Crippen LogP contribution >= 0.6 is 15.9 Å². The van der Waals surface area contributed by atoms with Gasteiger partial charge in [0.15, 0.2) is 0 Å². The van der Waals surface area contributed by atoms with Crippen LogP contribution in [-0.4, -0.2) is 48.0 Å². The molecule has 0 aromatic heterocycles. The van der Waals surface area contributed by atoms with E-state index in [4.69, 9.17) is 0 Å². The molecular weight excluding hydrogens is 432 g/mol. The average molecular weight is 449 g/mol. The molecule has 0 radical (unpaired) electrons. The number of hydrogen-bond donors (Lipinski definition) is 0. The Balaban J connectivity index is 1.95. The molecule has 25 heavy (non-hydrogen) atoms. The lowest BCUT2D eigenvalue weighted by Crippen LogP contribution is -2.50. The molecule has 0 aromatic carbocycles. The van der Waals surface area contributed by atoms with Crippen LogP contribution in [0.3, 0.4) is 0 Å². The van der Waals surface area contributed by atoms with Gasteiger partial charge in [0.25, 0.3) is 0 Å². The van der Waals surface area contributed by atoms with Crippen LogP contribution in [0.15, 0.2) is 0 Å². The van der Waals surface area contributed by atoms with E-state index in [9.17, 15) is 35.1 Å². The second-order valence-electron chi connectivity index (χ2n) is 6.36. The van der Waals surface area contributed by atoms with E-state index in [1.165, 1.54) is 0 Å². The summed E-state index contributed by atoms with van der Waals surface area (Å²) in [6, 6.07) is 0. The molecule has 148 valence electrons. The molecule has 2 aliphatic carbocycles. The van der Waals surface area contributed by atoms with Gasteiger partial charge in [-0.1, -0.05) is 15.9 Å². The van der Waals surface area contributed by atoms with Crippen molar-refractivity contribution < 1.29 is 44.6 Å². The van der Waals surface area contributed by atoms with Gasteiger partial charge in [-0.3, -0.25) is 4.74 Å². The summed E-state index contributed by atoms with van der Waals surface area (Å²) >= 11 is 2.98. The quantitative estimate of drug-likeness (QED) is 0.432. The molecule has 2 fully saturated rings. The largest absolute Gasteiger partial charge is 0.522 e. The molecule has 0 spiro atoms. The number of ether oxygens (including phenoxy) is 2. The molecule has 2 saturated carbocycles. The van der Waals surface area contributed by atoms with Gasteiger partial charge in [0.05, 0.1) is 12.2 Å². The molecule has 0 heterocycles. The van der Waals surface area contributed by atoms with E-state index in [1.54, 1.807) is 0 Å². The first-order valence-electron chi connectivity index (χ1n) is 7.75. The van der Waals surface area contributed by atoms with Gasteiger partial charge in [0.2, 0.25) is 0 Å². The fourth-order valence-corrected chi connectivity index (χ4v) is 4.00. The van der Waals surface area contributed by atoms with Gasteiger partial charge in [-0.25, -0.2) is 13.2 Å². The number of rotatable bonds is 4. The predicted molar refractivity (Wildman–Crippen MR) is 74.7 cm³/mol. The average Bonchev–Trinajstić information content (AvgIpc) is 2.38. The maximum absolute atomic E-state index is 14.2. The zero-order valence-corrected chi connectivity index (χ0v) is 14.4. The monoisotopic (exact) mass is 448 g/mol. The lowest BCUT2D eigenvalue weighted by Gasteiger charge is -2.39. The molecule has 11 heteroatoms. The van der Waals surface area contributed by atoms with Gasteiger partial charge >= 0.3 is 12.5 Å². The van der Waals surface area contributed by atoms with Crippen molar-refractivity contribution >= 4 is 15.9 Å². The predicted octanol–water partition coefficient (Wildman–Crippen LogP) is 5.24. The Hall–Kier alpha value is -0.160. The minimum Gasteiger partial charge on any atom is -0.317 e. The summed E-state index contributed by atoms with van der Waals surface area (Å²) in [4.78, 5) is -0.574. The molecule has 0 bridgehead atoms. The second kappa shape index (κ2) is 7.84. The first-order valence-corrected chi connectivity index (χ1v) is 8.67. The lowest BCUT2D eigenvalue weighted by molar-refractivity contribution is -0.359. The summed E-state index contributed by atoms with van der Waals surface area (Å²) in [5.74, 6) is -2.33. The highest BCUT2D eigenvalue weighted by atomic mass is 79.9. The van der Waals surface area contributed by atoms with Crippen molar-refractivity contribution in [3.8, 4) is 0 Å². The zero-order valence-electron chi connectivity index (χ0n) is 12.8. The number of halogens is 9. The summed E-state index contributed by atoms with van der Waals surface area (Å²) in [7, 11) is 0. The van der Waals surface area contributed by atoms with Gasteiger partial charge in [-0.15, -0.1) is 13.2 Å². The lowest BCUT2D eigenvalue weighted by atomic mass is 9.84. The Morgan fingerprint density at radius 3 is 1.80 bits per heavy atom. The normalized spacial score (nSPS) is 40.9. The Morgan fingerprint density at radius 1 is 0.760 bits per heavy atom. The number of alkyl halides is 9.